The fourth-order valence-corrected chi connectivity index (χ4v) is 2.72. The first kappa shape index (κ1) is 17.0. The molecule has 0 radical (unpaired) electrons. The fraction of sp³-hybridized carbons (Fsp3) is 0.733. The molecule has 0 unspecified atom stereocenters. The van der Waals surface area contributed by atoms with Crippen LogP contribution in [0.3, 0.4) is 0 Å². The number of nitrogens with one attached hydrogen (secondary N) is 1. The Morgan fingerprint density at radius 3 is 2.80 bits per heavy atom. The zero-order valence-electron chi connectivity index (χ0n) is 13.3. The van der Waals surface area contributed by atoms with E-state index >= 15 is 0 Å². The molecule has 1 rings (SSSR count). The van der Waals surface area contributed by atoms with Crippen molar-refractivity contribution < 1.29 is 0 Å². The van der Waals surface area contributed by atoms with E-state index in [4.69, 9.17) is 4.99 Å². The van der Waals surface area contributed by atoms with Crippen LogP contribution in [0.4, 0.5) is 0 Å². The lowest BCUT2D eigenvalue weighted by atomic mass is 10.3. The van der Waals surface area contributed by atoms with Gasteiger partial charge in [0, 0.05) is 44.2 Å². The molecule has 4 nitrogen and oxygen atoms in total. The largest absolute Gasteiger partial charge is 0.357 e. The van der Waals surface area contributed by atoms with E-state index in [-0.39, 0.29) is 0 Å². The molecule has 0 amide bonds. The summed E-state index contributed by atoms with van der Waals surface area (Å²) in [6.07, 6.45) is 4.51. The molecule has 1 aromatic rings. The van der Waals surface area contributed by atoms with E-state index in [0.717, 1.165) is 44.1 Å². The van der Waals surface area contributed by atoms with Crippen LogP contribution in [-0.2, 0) is 6.42 Å². The predicted molar refractivity (Wildman–Crippen MR) is 88.7 cm³/mol. The van der Waals surface area contributed by atoms with Gasteiger partial charge >= 0.3 is 0 Å². The Labute approximate surface area is 127 Å². The van der Waals surface area contributed by atoms with E-state index in [1.807, 2.05) is 6.92 Å². The second kappa shape index (κ2) is 9.75. The molecule has 0 aromatic carbocycles. The number of rotatable bonds is 8. The van der Waals surface area contributed by atoms with Gasteiger partial charge < -0.3 is 10.2 Å². The number of guanidine groups is 1. The standard InChI is InChI=1S/C15H28N4S/c1-5-7-11-19(4)15(16-6-2)17-10-8-9-14-18-13(3)12-20-14/h12H,5-11H2,1-4H3,(H,16,17). The molecule has 20 heavy (non-hydrogen) atoms. The average molecular weight is 296 g/mol. The first-order valence-corrected chi connectivity index (χ1v) is 8.45. The minimum absolute atomic E-state index is 0.859. The fourth-order valence-electron chi connectivity index (χ4n) is 1.90. The summed E-state index contributed by atoms with van der Waals surface area (Å²) in [6.45, 7) is 9.21. The highest BCUT2D eigenvalue weighted by molar-refractivity contribution is 7.09. The zero-order chi connectivity index (χ0) is 14.8. The Hall–Kier alpha value is -1.10. The molecule has 0 saturated carbocycles. The van der Waals surface area contributed by atoms with Gasteiger partial charge in [0.2, 0.25) is 0 Å². The van der Waals surface area contributed by atoms with Crippen molar-refractivity contribution in [3.05, 3.63) is 16.1 Å². The number of hydrogen-bond donors (Lipinski definition) is 1. The predicted octanol–water partition coefficient (Wildman–Crippen LogP) is 3.08. The highest BCUT2D eigenvalue weighted by Gasteiger charge is 2.04. The Kier molecular flexibility index (Phi) is 8.26. The maximum absolute atomic E-state index is 4.70. The zero-order valence-corrected chi connectivity index (χ0v) is 14.1. The van der Waals surface area contributed by atoms with Crippen LogP contribution in [0.15, 0.2) is 10.4 Å². The molecule has 0 spiro atoms. The van der Waals surface area contributed by atoms with E-state index < -0.39 is 0 Å². The van der Waals surface area contributed by atoms with Crippen LogP contribution in [0.25, 0.3) is 0 Å². The lowest BCUT2D eigenvalue weighted by Gasteiger charge is -2.21. The highest BCUT2D eigenvalue weighted by atomic mass is 32.1. The third-order valence-corrected chi connectivity index (χ3v) is 4.05. The van der Waals surface area contributed by atoms with E-state index in [9.17, 15) is 0 Å². The summed E-state index contributed by atoms with van der Waals surface area (Å²) in [4.78, 5) is 11.4. The third-order valence-electron chi connectivity index (χ3n) is 3.02. The Balaban J connectivity index is 2.37. The quantitative estimate of drug-likeness (QED) is 0.455. The van der Waals surface area contributed by atoms with Gasteiger partial charge in [-0.1, -0.05) is 13.3 Å². The van der Waals surface area contributed by atoms with Crippen LogP contribution >= 0.6 is 11.3 Å². The molecule has 1 N–H and O–H groups in total. The van der Waals surface area contributed by atoms with Crippen LogP contribution in [0, 0.1) is 6.92 Å². The van der Waals surface area contributed by atoms with Gasteiger partial charge in [0.25, 0.3) is 0 Å². The van der Waals surface area contributed by atoms with Crippen molar-refractivity contribution in [2.75, 3.05) is 26.7 Å². The van der Waals surface area contributed by atoms with Gasteiger partial charge in [0.05, 0.1) is 5.01 Å². The van der Waals surface area contributed by atoms with Crippen molar-refractivity contribution in [3.8, 4) is 0 Å². The van der Waals surface area contributed by atoms with Crippen LogP contribution < -0.4 is 5.32 Å². The SMILES string of the molecule is CCCCN(C)C(=NCCCc1nc(C)cs1)NCC. The van der Waals surface area contributed by atoms with Gasteiger partial charge in [-0.2, -0.15) is 0 Å². The van der Waals surface area contributed by atoms with Crippen LogP contribution in [0.2, 0.25) is 0 Å². The van der Waals surface area contributed by atoms with Crippen molar-refractivity contribution >= 4 is 17.3 Å². The first-order valence-electron chi connectivity index (χ1n) is 7.57. The Morgan fingerprint density at radius 2 is 2.20 bits per heavy atom. The van der Waals surface area contributed by atoms with Crippen molar-refractivity contribution in [3.63, 3.8) is 0 Å². The summed E-state index contributed by atoms with van der Waals surface area (Å²) in [5, 5.41) is 6.69. The molecule has 0 fully saturated rings. The van der Waals surface area contributed by atoms with E-state index in [2.05, 4.69) is 41.5 Å². The van der Waals surface area contributed by atoms with Crippen molar-refractivity contribution in [2.24, 2.45) is 4.99 Å². The molecule has 1 aromatic heterocycles. The van der Waals surface area contributed by atoms with E-state index in [1.54, 1.807) is 11.3 Å². The van der Waals surface area contributed by atoms with Crippen LogP contribution in [0.5, 0.6) is 0 Å². The summed E-state index contributed by atoms with van der Waals surface area (Å²) in [7, 11) is 2.11. The topological polar surface area (TPSA) is 40.5 Å². The number of nitrogens with zero attached hydrogens (tertiary/aromatic N) is 3. The Morgan fingerprint density at radius 1 is 1.40 bits per heavy atom. The van der Waals surface area contributed by atoms with Gasteiger partial charge in [-0.3, -0.25) is 4.99 Å². The minimum atomic E-state index is 0.859. The summed E-state index contributed by atoms with van der Waals surface area (Å²) < 4.78 is 0. The monoisotopic (exact) mass is 296 g/mol. The number of aliphatic imine (C=N–C) groups is 1. The first-order chi connectivity index (χ1) is 9.67. The number of thiazole rings is 1. The second-order valence-corrected chi connectivity index (χ2v) is 5.94. The maximum atomic E-state index is 4.70. The molecular weight excluding hydrogens is 268 g/mol. The number of unbranched alkanes of at least 4 members (excludes halogenated alkanes) is 1. The minimum Gasteiger partial charge on any atom is -0.357 e. The van der Waals surface area contributed by atoms with Gasteiger partial charge in [-0.25, -0.2) is 4.98 Å². The summed E-state index contributed by atoms with van der Waals surface area (Å²) in [6, 6.07) is 0. The molecule has 0 bridgehead atoms. The summed E-state index contributed by atoms with van der Waals surface area (Å²) in [5.74, 6) is 1.02. The van der Waals surface area contributed by atoms with Crippen LogP contribution in [-0.4, -0.2) is 42.5 Å². The van der Waals surface area contributed by atoms with E-state index in [1.165, 1.54) is 17.8 Å². The summed E-state index contributed by atoms with van der Waals surface area (Å²) >= 11 is 1.75. The molecule has 0 aliphatic rings. The molecule has 0 saturated heterocycles. The van der Waals surface area contributed by atoms with E-state index in [0.29, 0.717) is 0 Å². The van der Waals surface area contributed by atoms with Crippen molar-refractivity contribution in [1.82, 2.24) is 15.2 Å². The van der Waals surface area contributed by atoms with Crippen molar-refractivity contribution in [1.29, 1.82) is 0 Å². The van der Waals surface area contributed by atoms with Gasteiger partial charge in [-0.05, 0) is 26.7 Å². The molecular formula is C15H28N4S. The maximum Gasteiger partial charge on any atom is 0.193 e. The normalized spacial score (nSPS) is 11.7. The van der Waals surface area contributed by atoms with Crippen LogP contribution in [0.1, 0.15) is 43.8 Å². The number of aromatic nitrogens is 1. The van der Waals surface area contributed by atoms with Crippen molar-refractivity contribution in [2.45, 2.75) is 46.5 Å². The van der Waals surface area contributed by atoms with Gasteiger partial charge in [0.15, 0.2) is 5.96 Å². The second-order valence-electron chi connectivity index (χ2n) is 5.00. The molecule has 0 aliphatic carbocycles. The molecule has 0 aliphatic heterocycles. The lowest BCUT2D eigenvalue weighted by molar-refractivity contribution is 0.464. The smallest absolute Gasteiger partial charge is 0.193 e. The highest BCUT2D eigenvalue weighted by Crippen LogP contribution is 2.10. The summed E-state index contributed by atoms with van der Waals surface area (Å²) in [5.41, 5.74) is 1.13. The molecule has 1 heterocycles. The number of aryl methyl sites for hydroxylation is 2. The molecule has 0 atom stereocenters. The average Bonchev–Trinajstić information content (AvgIpc) is 2.85. The Bertz CT molecular complexity index is 400. The van der Waals surface area contributed by atoms with Gasteiger partial charge in [-0.15, -0.1) is 11.3 Å². The number of hydrogen-bond acceptors (Lipinski definition) is 3. The molecule has 5 heteroatoms. The van der Waals surface area contributed by atoms with Gasteiger partial charge in [0.1, 0.15) is 0 Å². The third kappa shape index (κ3) is 6.37. The lowest BCUT2D eigenvalue weighted by Crippen LogP contribution is -2.39. The molecule has 114 valence electrons.